The zero-order valence-corrected chi connectivity index (χ0v) is 17.7. The molecule has 0 aliphatic heterocycles. The molecule has 0 unspecified atom stereocenters. The molecule has 0 bridgehead atoms. The molecule has 1 N–H and O–H groups in total. The van der Waals surface area contributed by atoms with Crippen LogP contribution in [0.5, 0.6) is 0 Å². The van der Waals surface area contributed by atoms with Crippen LogP contribution in [0.2, 0.25) is 0 Å². The Balaban J connectivity index is 5.75. The number of unbranched alkanes of at least 4 members (excludes halogenated alkanes) is 9. The lowest BCUT2D eigenvalue weighted by Gasteiger charge is -2.08. The summed E-state index contributed by atoms with van der Waals surface area (Å²) in [7, 11) is 0. The van der Waals surface area contributed by atoms with Crippen molar-refractivity contribution < 1.29 is 66.4 Å². The van der Waals surface area contributed by atoms with Crippen LogP contribution in [0.1, 0.15) is 104 Å². The molecule has 188 valence electrons. The lowest BCUT2D eigenvalue weighted by atomic mass is 10.1. The molecule has 7 heteroatoms. The molecule has 0 aromatic carbocycles. The molecule has 0 heterocycles. The summed E-state index contributed by atoms with van der Waals surface area (Å²) in [5.74, 6) is 0. The van der Waals surface area contributed by atoms with Gasteiger partial charge < -0.3 is 33.5 Å². The van der Waals surface area contributed by atoms with Gasteiger partial charge in [0.15, 0.2) is 0 Å². The first kappa shape index (κ1) is 9.40. The topological polar surface area (TPSA) is 75.6 Å². The SMILES string of the molecule is [2H]C([2H])(O)C([2H])([2H])OC([2H])([2H])C([2H])([2H])OC([2H])([2H])C([2H])([2H])OC([2H])([2H])C([2H])([2H])OC([2H])([2H])C([2H])([2H])OC([2H])([2H])C([2H])([2H])OCCCCCCCCCCCC. The quantitative estimate of drug-likeness (QED) is 0.172. The highest BCUT2D eigenvalue weighted by atomic mass is 16.6. The summed E-state index contributed by atoms with van der Waals surface area (Å²) in [4.78, 5) is 0. The summed E-state index contributed by atoms with van der Waals surface area (Å²) in [5, 5.41) is 9.21. The smallest absolute Gasteiger partial charge is 0.0701 e. The molecule has 0 rings (SSSR count). The molecule has 0 radical (unpaired) electrons. The molecular weight excluding hydrogens is 400 g/mol. The van der Waals surface area contributed by atoms with Crippen LogP contribution in [-0.2, 0) is 28.4 Å². The van der Waals surface area contributed by atoms with E-state index in [0.29, 0.717) is 6.42 Å². The second-order valence-electron chi connectivity index (χ2n) is 5.78. The summed E-state index contributed by atoms with van der Waals surface area (Å²) >= 11 is 0. The van der Waals surface area contributed by atoms with Crippen molar-refractivity contribution >= 4 is 0 Å². The van der Waals surface area contributed by atoms with Crippen LogP contribution in [-0.4, -0.2) is 90.4 Å². The van der Waals surface area contributed by atoms with Crippen molar-refractivity contribution in [3.05, 3.63) is 0 Å². The summed E-state index contributed by atoms with van der Waals surface area (Å²) in [6, 6.07) is 0. The van der Waals surface area contributed by atoms with Crippen molar-refractivity contribution in [2.45, 2.75) is 71.1 Å². The maximum Gasteiger partial charge on any atom is 0.0701 e. The van der Waals surface area contributed by atoms with Crippen LogP contribution >= 0.6 is 0 Å². The van der Waals surface area contributed by atoms with E-state index in [0.717, 1.165) is 44.9 Å². The van der Waals surface area contributed by atoms with Crippen molar-refractivity contribution in [2.75, 3.05) is 85.3 Å². The Morgan fingerprint density at radius 1 is 0.452 bits per heavy atom. The summed E-state index contributed by atoms with van der Waals surface area (Å²) < 4.78 is 210. The number of ether oxygens (including phenoxy) is 6. The van der Waals surface area contributed by atoms with E-state index in [9.17, 15) is 5.11 Å². The van der Waals surface area contributed by atoms with E-state index in [2.05, 4.69) is 30.6 Å². The molecule has 31 heavy (non-hydrogen) atoms. The normalized spacial score (nSPS) is 28.5. The highest BCUT2D eigenvalue weighted by Crippen LogP contribution is 2.10. The molecule has 0 aromatic heterocycles. The van der Waals surface area contributed by atoms with Gasteiger partial charge in [0.2, 0.25) is 0 Å². The molecule has 0 saturated carbocycles. The van der Waals surface area contributed by atoms with E-state index < -0.39 is 78.7 Å². The molecule has 0 amide bonds. The molecule has 0 aliphatic rings. The Kier molecular flexibility index (Phi) is 9.01. The highest BCUT2D eigenvalue weighted by molar-refractivity contribution is 4.47. The zero-order valence-electron chi connectivity index (χ0n) is 41.7. The van der Waals surface area contributed by atoms with E-state index in [-0.39, 0.29) is 13.0 Å². The van der Waals surface area contributed by atoms with Gasteiger partial charge in [-0.25, -0.2) is 0 Å². The monoisotopic (exact) mass is 475 g/mol. The molecule has 0 fully saturated rings. The largest absolute Gasteiger partial charge is 0.394 e. The van der Waals surface area contributed by atoms with Gasteiger partial charge in [0.05, 0.1) is 112 Å². The van der Waals surface area contributed by atoms with E-state index in [4.69, 9.17) is 37.6 Å². The Labute approximate surface area is 224 Å². The van der Waals surface area contributed by atoms with Gasteiger partial charge in [-0.1, -0.05) is 64.7 Å². The third-order valence-electron chi connectivity index (χ3n) is 3.44. The minimum atomic E-state index is -4.44. The second-order valence-corrected chi connectivity index (χ2v) is 5.78. The minimum Gasteiger partial charge on any atom is -0.394 e. The van der Waals surface area contributed by atoms with Crippen molar-refractivity contribution in [2.24, 2.45) is 0 Å². The van der Waals surface area contributed by atoms with E-state index in [1.807, 2.05) is 0 Å². The summed E-state index contributed by atoms with van der Waals surface area (Å²) in [6.45, 7) is -48.3. The van der Waals surface area contributed by atoms with E-state index >= 15 is 0 Å². The molecule has 0 aromatic rings. The van der Waals surface area contributed by atoms with Gasteiger partial charge >= 0.3 is 0 Å². The molecule has 7 nitrogen and oxygen atoms in total. The van der Waals surface area contributed by atoms with Crippen LogP contribution in [0.3, 0.4) is 0 Å². The highest BCUT2D eigenvalue weighted by Gasteiger charge is 1.95. The fourth-order valence-electron chi connectivity index (χ4n) is 2.08. The van der Waals surface area contributed by atoms with Crippen LogP contribution in [0.15, 0.2) is 0 Å². The molecule has 0 atom stereocenters. The standard InChI is InChI=1S/C24H50O7/c1-2-3-4-5-6-7-8-9-10-11-13-26-15-17-28-19-21-30-23-24-31-22-20-29-18-16-27-14-12-25/h25H,2-24H2,1H3/i12D2,14D2,15D2,16D2,17D2,18D2,19D2,20D2,21D2,22D2,23D2,24D2. The number of aliphatic hydroxyl groups is 1. The fraction of sp³-hybridized carbons (Fsp3) is 1.00. The van der Waals surface area contributed by atoms with Gasteiger partial charge in [-0.15, -0.1) is 0 Å². The Bertz CT molecular complexity index is 1180. The second kappa shape index (κ2) is 29.7. The number of hydrogen-bond acceptors (Lipinski definition) is 7. The van der Waals surface area contributed by atoms with Gasteiger partial charge in [-0.05, 0) is 6.42 Å². The Hall–Kier alpha value is -0.280. The lowest BCUT2D eigenvalue weighted by Crippen LogP contribution is -2.14. The Morgan fingerprint density at radius 3 is 1.16 bits per heavy atom. The molecular formula is C24H50O7. The minimum absolute atomic E-state index is 0.277. The van der Waals surface area contributed by atoms with Crippen LogP contribution in [0.25, 0.3) is 0 Å². The van der Waals surface area contributed by atoms with Crippen LogP contribution in [0, 0.1) is 0 Å². The Morgan fingerprint density at radius 2 is 0.774 bits per heavy atom. The first-order chi connectivity index (χ1) is 24.1. The number of hydrogen-bond donors (Lipinski definition) is 1. The van der Waals surface area contributed by atoms with Gasteiger partial charge in [0.25, 0.3) is 0 Å². The van der Waals surface area contributed by atoms with Crippen LogP contribution in [0.4, 0.5) is 0 Å². The molecule has 0 aliphatic carbocycles. The van der Waals surface area contributed by atoms with E-state index in [1.165, 1.54) is 6.42 Å². The predicted octanol–water partition coefficient (Wildman–Crippen LogP) is 4.00. The first-order valence-corrected chi connectivity index (χ1v) is 9.96. The van der Waals surface area contributed by atoms with Gasteiger partial charge in [0.1, 0.15) is 0 Å². The van der Waals surface area contributed by atoms with Crippen molar-refractivity contribution in [1.29, 1.82) is 0 Å². The first-order valence-electron chi connectivity index (χ1n) is 22.0. The number of rotatable bonds is 28. The summed E-state index contributed by atoms with van der Waals surface area (Å²) in [6.07, 6.45) is 9.25. The molecule has 0 saturated heterocycles. The third-order valence-corrected chi connectivity index (χ3v) is 3.44. The average Bonchev–Trinajstić information content (AvgIpc) is 2.92. The predicted molar refractivity (Wildman–Crippen MR) is 124 cm³/mol. The maximum absolute atomic E-state index is 9.21. The molecule has 0 spiro atoms. The van der Waals surface area contributed by atoms with Crippen molar-refractivity contribution in [3.8, 4) is 0 Å². The maximum atomic E-state index is 9.21. The van der Waals surface area contributed by atoms with Crippen molar-refractivity contribution in [3.63, 3.8) is 0 Å². The van der Waals surface area contributed by atoms with Crippen LogP contribution < -0.4 is 0 Å². The fourth-order valence-corrected chi connectivity index (χ4v) is 2.08. The average molecular weight is 475 g/mol. The lowest BCUT2D eigenvalue weighted by molar-refractivity contribution is -0.0182. The summed E-state index contributed by atoms with van der Waals surface area (Å²) in [5.41, 5.74) is 0. The van der Waals surface area contributed by atoms with Crippen molar-refractivity contribution in [1.82, 2.24) is 0 Å². The third kappa shape index (κ3) is 29.7. The van der Waals surface area contributed by atoms with Gasteiger partial charge in [-0.2, -0.15) is 0 Å². The van der Waals surface area contributed by atoms with E-state index in [1.54, 1.807) is 0 Å². The van der Waals surface area contributed by atoms with Gasteiger partial charge in [0, 0.05) is 6.61 Å². The zero-order chi connectivity index (χ0) is 44.0. The van der Waals surface area contributed by atoms with Gasteiger partial charge in [-0.3, -0.25) is 0 Å².